The van der Waals surface area contributed by atoms with Gasteiger partial charge in [0.15, 0.2) is 0 Å². The predicted molar refractivity (Wildman–Crippen MR) is 71.2 cm³/mol. The summed E-state index contributed by atoms with van der Waals surface area (Å²) in [4.78, 5) is 27.9. The Balaban J connectivity index is 1.58. The summed E-state index contributed by atoms with van der Waals surface area (Å²) in [7, 11) is 0. The van der Waals surface area contributed by atoms with Crippen LogP contribution in [-0.2, 0) is 9.59 Å². The first-order valence-corrected chi connectivity index (χ1v) is 7.50. The lowest BCUT2D eigenvalue weighted by Gasteiger charge is -2.37. The van der Waals surface area contributed by atoms with Crippen molar-refractivity contribution in [2.75, 3.05) is 19.6 Å². The number of carbonyl (C=O) groups excluding carboxylic acids is 2. The summed E-state index contributed by atoms with van der Waals surface area (Å²) in [5.41, 5.74) is 6.06. The van der Waals surface area contributed by atoms with E-state index in [1.165, 1.54) is 12.8 Å². The molecule has 19 heavy (non-hydrogen) atoms. The summed E-state index contributed by atoms with van der Waals surface area (Å²) in [5.74, 6) is 0.811. The van der Waals surface area contributed by atoms with Crippen molar-refractivity contribution < 1.29 is 9.59 Å². The van der Waals surface area contributed by atoms with Crippen LogP contribution in [0.15, 0.2) is 0 Å². The fourth-order valence-electron chi connectivity index (χ4n) is 3.80. The second-order valence-corrected chi connectivity index (χ2v) is 6.15. The molecule has 0 spiro atoms. The number of fused-ring (bicyclic) bond motifs is 1. The highest BCUT2D eigenvalue weighted by Gasteiger charge is 2.41. The average molecular weight is 265 g/mol. The molecule has 3 unspecified atom stereocenters. The molecule has 3 atom stereocenters. The molecule has 0 bridgehead atoms. The number of amides is 2. The van der Waals surface area contributed by atoms with E-state index in [9.17, 15) is 9.59 Å². The number of rotatable bonds is 3. The van der Waals surface area contributed by atoms with Crippen molar-refractivity contribution in [3.8, 4) is 0 Å². The zero-order valence-electron chi connectivity index (χ0n) is 11.4. The van der Waals surface area contributed by atoms with E-state index in [-0.39, 0.29) is 24.4 Å². The minimum absolute atomic E-state index is 0.123. The van der Waals surface area contributed by atoms with E-state index >= 15 is 0 Å². The van der Waals surface area contributed by atoms with Crippen molar-refractivity contribution in [3.05, 3.63) is 0 Å². The van der Waals surface area contributed by atoms with Gasteiger partial charge in [0.1, 0.15) is 6.04 Å². The summed E-state index contributed by atoms with van der Waals surface area (Å²) >= 11 is 0. The quantitative estimate of drug-likeness (QED) is 0.800. The van der Waals surface area contributed by atoms with Gasteiger partial charge in [0.2, 0.25) is 11.8 Å². The minimum Gasteiger partial charge on any atom is -0.332 e. The number of piperazine rings is 1. The van der Waals surface area contributed by atoms with E-state index in [0.29, 0.717) is 18.5 Å². The molecule has 2 amide bonds. The highest BCUT2D eigenvalue weighted by Crippen LogP contribution is 2.28. The standard InChI is InChI=1S/C14H23N3O2/c15-11-4-1-3-10(11)6-8-16-9-13(18)17-7-2-5-12(17)14(16)19/h10-12H,1-9,15H2. The summed E-state index contributed by atoms with van der Waals surface area (Å²) in [5, 5.41) is 0. The molecular weight excluding hydrogens is 242 g/mol. The van der Waals surface area contributed by atoms with Crippen LogP contribution >= 0.6 is 0 Å². The van der Waals surface area contributed by atoms with Crippen molar-refractivity contribution in [1.82, 2.24) is 9.80 Å². The summed E-state index contributed by atoms with van der Waals surface area (Å²) in [6.07, 6.45) is 6.23. The third-order valence-electron chi connectivity index (χ3n) is 4.98. The van der Waals surface area contributed by atoms with Crippen LogP contribution < -0.4 is 5.73 Å². The summed E-state index contributed by atoms with van der Waals surface area (Å²) in [6, 6.07) is 0.122. The average Bonchev–Trinajstić information content (AvgIpc) is 3.01. The second kappa shape index (κ2) is 5.12. The molecule has 0 aromatic heterocycles. The molecule has 5 nitrogen and oxygen atoms in total. The van der Waals surface area contributed by atoms with Crippen molar-refractivity contribution in [2.24, 2.45) is 11.7 Å². The maximum Gasteiger partial charge on any atom is 0.245 e. The maximum absolute atomic E-state index is 12.3. The lowest BCUT2D eigenvalue weighted by Crippen LogP contribution is -2.57. The predicted octanol–water partition coefficient (Wildman–Crippen LogP) is 0.337. The van der Waals surface area contributed by atoms with E-state index < -0.39 is 0 Å². The Hall–Kier alpha value is -1.10. The van der Waals surface area contributed by atoms with E-state index in [4.69, 9.17) is 5.73 Å². The molecule has 2 aliphatic heterocycles. The Morgan fingerprint density at radius 1 is 1.16 bits per heavy atom. The Labute approximate surface area is 114 Å². The van der Waals surface area contributed by atoms with E-state index in [2.05, 4.69) is 0 Å². The van der Waals surface area contributed by atoms with Gasteiger partial charge in [0, 0.05) is 19.1 Å². The van der Waals surface area contributed by atoms with Crippen LogP contribution in [0.3, 0.4) is 0 Å². The molecule has 5 heteroatoms. The van der Waals surface area contributed by atoms with Crippen molar-refractivity contribution in [3.63, 3.8) is 0 Å². The van der Waals surface area contributed by atoms with Gasteiger partial charge < -0.3 is 15.5 Å². The van der Waals surface area contributed by atoms with Gasteiger partial charge in [-0.1, -0.05) is 6.42 Å². The lowest BCUT2D eigenvalue weighted by atomic mass is 9.99. The molecule has 3 rings (SSSR count). The Bertz CT molecular complexity index is 385. The molecule has 106 valence electrons. The molecule has 0 aromatic carbocycles. The third-order valence-corrected chi connectivity index (χ3v) is 4.98. The van der Waals surface area contributed by atoms with Gasteiger partial charge >= 0.3 is 0 Å². The van der Waals surface area contributed by atoms with Crippen LogP contribution in [0.5, 0.6) is 0 Å². The van der Waals surface area contributed by atoms with E-state index in [1.807, 2.05) is 0 Å². The van der Waals surface area contributed by atoms with Gasteiger partial charge in [-0.2, -0.15) is 0 Å². The van der Waals surface area contributed by atoms with Crippen molar-refractivity contribution >= 4 is 11.8 Å². The highest BCUT2D eigenvalue weighted by atomic mass is 16.2. The van der Waals surface area contributed by atoms with E-state index in [0.717, 1.165) is 32.2 Å². The smallest absolute Gasteiger partial charge is 0.245 e. The summed E-state index contributed by atoms with van der Waals surface area (Å²) < 4.78 is 0. The largest absolute Gasteiger partial charge is 0.332 e. The third kappa shape index (κ3) is 2.36. The Morgan fingerprint density at radius 3 is 2.74 bits per heavy atom. The molecule has 3 aliphatic rings. The Morgan fingerprint density at radius 2 is 2.00 bits per heavy atom. The number of hydrogen-bond donors (Lipinski definition) is 1. The van der Waals surface area contributed by atoms with Crippen molar-refractivity contribution in [2.45, 2.75) is 50.6 Å². The normalized spacial score (nSPS) is 35.1. The van der Waals surface area contributed by atoms with Gasteiger partial charge in [-0.15, -0.1) is 0 Å². The van der Waals surface area contributed by atoms with Crippen LogP contribution in [0.4, 0.5) is 0 Å². The van der Waals surface area contributed by atoms with Gasteiger partial charge in [0.05, 0.1) is 6.54 Å². The Kier molecular flexibility index (Phi) is 3.48. The minimum atomic E-state index is -0.168. The molecule has 2 N–H and O–H groups in total. The molecule has 1 saturated carbocycles. The molecule has 3 fully saturated rings. The second-order valence-electron chi connectivity index (χ2n) is 6.15. The van der Waals surface area contributed by atoms with Crippen molar-refractivity contribution in [1.29, 1.82) is 0 Å². The first kappa shape index (κ1) is 12.9. The van der Waals surface area contributed by atoms with Gasteiger partial charge in [-0.05, 0) is 38.0 Å². The van der Waals surface area contributed by atoms with Crippen LogP contribution in [0, 0.1) is 5.92 Å². The fraction of sp³-hybridized carbons (Fsp3) is 0.857. The SMILES string of the molecule is NC1CCCC1CCN1CC(=O)N2CCCC2C1=O. The molecular formula is C14H23N3O2. The first-order chi connectivity index (χ1) is 9.16. The van der Waals surface area contributed by atoms with Gasteiger partial charge in [-0.3, -0.25) is 9.59 Å². The van der Waals surface area contributed by atoms with Gasteiger partial charge in [-0.25, -0.2) is 0 Å². The summed E-state index contributed by atoms with van der Waals surface area (Å²) in [6.45, 7) is 1.74. The first-order valence-electron chi connectivity index (χ1n) is 7.50. The van der Waals surface area contributed by atoms with Crippen LogP contribution in [0.25, 0.3) is 0 Å². The van der Waals surface area contributed by atoms with Crippen LogP contribution in [0.1, 0.15) is 38.5 Å². The van der Waals surface area contributed by atoms with Crippen LogP contribution in [0.2, 0.25) is 0 Å². The lowest BCUT2D eigenvalue weighted by molar-refractivity contribution is -0.153. The molecule has 0 radical (unpaired) electrons. The molecule has 1 aliphatic carbocycles. The number of nitrogens with zero attached hydrogens (tertiary/aromatic N) is 2. The van der Waals surface area contributed by atoms with Gasteiger partial charge in [0.25, 0.3) is 0 Å². The number of nitrogens with two attached hydrogens (primary N) is 1. The molecule has 2 heterocycles. The maximum atomic E-state index is 12.3. The molecule has 2 saturated heterocycles. The number of carbonyl (C=O) groups is 2. The highest BCUT2D eigenvalue weighted by molar-refractivity contribution is 5.95. The topological polar surface area (TPSA) is 66.6 Å². The number of hydrogen-bond acceptors (Lipinski definition) is 3. The fourth-order valence-corrected chi connectivity index (χ4v) is 3.80. The van der Waals surface area contributed by atoms with Crippen LogP contribution in [-0.4, -0.2) is 53.3 Å². The van der Waals surface area contributed by atoms with E-state index in [1.54, 1.807) is 9.80 Å². The zero-order valence-corrected chi connectivity index (χ0v) is 11.4. The molecule has 0 aromatic rings. The zero-order chi connectivity index (χ0) is 13.4. The monoisotopic (exact) mass is 265 g/mol.